The molecule has 0 aliphatic heterocycles. The number of aryl methyl sites for hydroxylation is 1. The van der Waals surface area contributed by atoms with Crippen LogP contribution in [0.5, 0.6) is 0 Å². The summed E-state index contributed by atoms with van der Waals surface area (Å²) in [5.74, 6) is -0.150. The van der Waals surface area contributed by atoms with E-state index in [0.717, 1.165) is 31.4 Å². The highest BCUT2D eigenvalue weighted by molar-refractivity contribution is 5.95. The van der Waals surface area contributed by atoms with Crippen molar-refractivity contribution in [3.63, 3.8) is 0 Å². The minimum atomic E-state index is -0.537. The maximum Gasteiger partial charge on any atom is 0.407 e. The van der Waals surface area contributed by atoms with Crippen molar-refractivity contribution >= 4 is 12.0 Å². The Morgan fingerprint density at radius 3 is 2.29 bits per heavy atom. The molecule has 1 aromatic heterocycles. The summed E-state index contributed by atoms with van der Waals surface area (Å²) < 4.78 is 7.00. The molecule has 2 N–H and O–H groups in total. The van der Waals surface area contributed by atoms with E-state index in [4.69, 9.17) is 4.74 Å². The fourth-order valence-electron chi connectivity index (χ4n) is 2.90. The lowest BCUT2D eigenvalue weighted by Crippen LogP contribution is -2.54. The van der Waals surface area contributed by atoms with Gasteiger partial charge in [0.2, 0.25) is 0 Å². The summed E-state index contributed by atoms with van der Waals surface area (Å²) >= 11 is 0. The van der Waals surface area contributed by atoms with Crippen LogP contribution in [0.2, 0.25) is 0 Å². The molecule has 1 aromatic rings. The maximum atomic E-state index is 12.5. The van der Waals surface area contributed by atoms with Crippen molar-refractivity contribution in [2.45, 2.75) is 71.1 Å². The molecule has 0 unspecified atom stereocenters. The average Bonchev–Trinajstić information content (AvgIpc) is 2.79. The van der Waals surface area contributed by atoms with Crippen molar-refractivity contribution in [2.75, 3.05) is 0 Å². The molecule has 0 bridgehead atoms. The van der Waals surface area contributed by atoms with Crippen LogP contribution < -0.4 is 10.6 Å². The minimum absolute atomic E-state index is 0.0987. The lowest BCUT2D eigenvalue weighted by Gasteiger charge is -2.33. The highest BCUT2D eigenvalue weighted by Crippen LogP contribution is 2.20. The van der Waals surface area contributed by atoms with Crippen molar-refractivity contribution in [3.8, 4) is 0 Å². The smallest absolute Gasteiger partial charge is 0.407 e. The van der Waals surface area contributed by atoms with Crippen molar-refractivity contribution in [3.05, 3.63) is 17.5 Å². The topological polar surface area (TPSA) is 85.2 Å². The zero-order chi connectivity index (χ0) is 17.9. The van der Waals surface area contributed by atoms with E-state index in [0.29, 0.717) is 5.56 Å². The molecule has 7 nitrogen and oxygen atoms in total. The van der Waals surface area contributed by atoms with Crippen LogP contribution in [0.25, 0.3) is 0 Å². The SMILES string of the molecule is Cc1c(C(=O)N[C@H]2CCCC[C@@H]2NC(=O)OC(C)(C)C)cnn1C. The van der Waals surface area contributed by atoms with Gasteiger partial charge in [-0.15, -0.1) is 0 Å². The summed E-state index contributed by atoms with van der Waals surface area (Å²) in [4.78, 5) is 24.5. The molecule has 2 atom stereocenters. The lowest BCUT2D eigenvalue weighted by molar-refractivity contribution is 0.0474. The summed E-state index contributed by atoms with van der Waals surface area (Å²) in [5.41, 5.74) is 0.851. The molecule has 24 heavy (non-hydrogen) atoms. The molecule has 1 heterocycles. The Kier molecular flexibility index (Phi) is 5.51. The highest BCUT2D eigenvalue weighted by atomic mass is 16.6. The van der Waals surface area contributed by atoms with E-state index in [-0.39, 0.29) is 18.0 Å². The molecule has 2 amide bonds. The van der Waals surface area contributed by atoms with Gasteiger partial charge >= 0.3 is 6.09 Å². The Morgan fingerprint density at radius 1 is 1.21 bits per heavy atom. The third-order valence-corrected chi connectivity index (χ3v) is 4.26. The standard InChI is InChI=1S/C17H28N4O3/c1-11-12(10-18-21(11)5)15(22)19-13-8-6-7-9-14(13)20-16(23)24-17(2,3)4/h10,13-14H,6-9H2,1-5H3,(H,19,22)(H,20,23)/t13-,14-/m0/s1. The van der Waals surface area contributed by atoms with Crippen molar-refractivity contribution in [1.82, 2.24) is 20.4 Å². The van der Waals surface area contributed by atoms with E-state index in [2.05, 4.69) is 15.7 Å². The molecular formula is C17H28N4O3. The molecular weight excluding hydrogens is 308 g/mol. The van der Waals surface area contributed by atoms with Gasteiger partial charge in [-0.05, 0) is 40.5 Å². The van der Waals surface area contributed by atoms with E-state index < -0.39 is 11.7 Å². The van der Waals surface area contributed by atoms with Crippen LogP contribution in [0.3, 0.4) is 0 Å². The molecule has 1 saturated carbocycles. The molecule has 1 aliphatic carbocycles. The van der Waals surface area contributed by atoms with E-state index in [9.17, 15) is 9.59 Å². The number of carbonyl (C=O) groups excluding carboxylic acids is 2. The van der Waals surface area contributed by atoms with Gasteiger partial charge in [0.1, 0.15) is 5.60 Å². The molecule has 0 aromatic carbocycles. The summed E-state index contributed by atoms with van der Waals surface area (Å²) in [6, 6.07) is -0.215. The Balaban J connectivity index is 2.00. The first-order valence-electron chi connectivity index (χ1n) is 8.46. The number of rotatable bonds is 3. The number of carbonyl (C=O) groups is 2. The van der Waals surface area contributed by atoms with Crippen LogP contribution in [0.15, 0.2) is 6.20 Å². The molecule has 7 heteroatoms. The first-order chi connectivity index (χ1) is 11.2. The molecule has 0 spiro atoms. The van der Waals surface area contributed by atoms with Gasteiger partial charge in [0, 0.05) is 18.8 Å². The van der Waals surface area contributed by atoms with Gasteiger partial charge in [-0.1, -0.05) is 12.8 Å². The predicted molar refractivity (Wildman–Crippen MR) is 90.8 cm³/mol. The third kappa shape index (κ3) is 4.72. The normalized spacial score (nSPS) is 21.2. The Hall–Kier alpha value is -2.05. The molecule has 134 valence electrons. The second-order valence-corrected chi connectivity index (χ2v) is 7.38. The van der Waals surface area contributed by atoms with Crippen LogP contribution in [0.4, 0.5) is 4.79 Å². The zero-order valence-corrected chi connectivity index (χ0v) is 15.2. The average molecular weight is 336 g/mol. The van der Waals surface area contributed by atoms with E-state index in [1.165, 1.54) is 0 Å². The van der Waals surface area contributed by atoms with Gasteiger partial charge in [-0.3, -0.25) is 9.48 Å². The van der Waals surface area contributed by atoms with E-state index >= 15 is 0 Å². The molecule has 1 fully saturated rings. The van der Waals surface area contributed by atoms with E-state index in [1.807, 2.05) is 27.7 Å². The van der Waals surface area contributed by atoms with Crippen molar-refractivity contribution in [2.24, 2.45) is 7.05 Å². The third-order valence-electron chi connectivity index (χ3n) is 4.26. The molecule has 0 saturated heterocycles. The number of hydrogen-bond acceptors (Lipinski definition) is 4. The van der Waals surface area contributed by atoms with E-state index in [1.54, 1.807) is 17.9 Å². The van der Waals surface area contributed by atoms with Gasteiger partial charge in [0.15, 0.2) is 0 Å². The number of nitrogens with one attached hydrogen (secondary N) is 2. The van der Waals surface area contributed by atoms with Gasteiger partial charge < -0.3 is 15.4 Å². The number of amides is 2. The maximum absolute atomic E-state index is 12.5. The summed E-state index contributed by atoms with van der Waals surface area (Å²) in [5, 5.41) is 10.1. The number of nitrogens with zero attached hydrogens (tertiary/aromatic N) is 2. The Bertz CT molecular complexity index is 603. The van der Waals surface area contributed by atoms with Crippen LogP contribution in [-0.2, 0) is 11.8 Å². The highest BCUT2D eigenvalue weighted by Gasteiger charge is 2.30. The van der Waals surface area contributed by atoms with Crippen LogP contribution in [-0.4, -0.2) is 39.5 Å². The minimum Gasteiger partial charge on any atom is -0.444 e. The molecule has 2 rings (SSSR count). The summed E-state index contributed by atoms with van der Waals surface area (Å²) in [6.07, 6.45) is 4.86. The van der Waals surface area contributed by atoms with Gasteiger partial charge in [-0.2, -0.15) is 5.10 Å². The van der Waals surface area contributed by atoms with Crippen LogP contribution >= 0.6 is 0 Å². The van der Waals surface area contributed by atoms with Crippen LogP contribution in [0, 0.1) is 6.92 Å². The number of aromatic nitrogens is 2. The number of ether oxygens (including phenoxy) is 1. The Labute approximate surface area is 143 Å². The fourth-order valence-corrected chi connectivity index (χ4v) is 2.90. The van der Waals surface area contributed by atoms with Gasteiger partial charge in [0.05, 0.1) is 17.8 Å². The number of alkyl carbamates (subject to hydrolysis) is 1. The monoisotopic (exact) mass is 336 g/mol. The number of hydrogen-bond donors (Lipinski definition) is 2. The predicted octanol–water partition coefficient (Wildman–Crippen LogP) is 2.29. The van der Waals surface area contributed by atoms with Crippen molar-refractivity contribution < 1.29 is 14.3 Å². The largest absolute Gasteiger partial charge is 0.444 e. The zero-order valence-electron chi connectivity index (χ0n) is 15.2. The van der Waals surface area contributed by atoms with Crippen molar-refractivity contribution in [1.29, 1.82) is 0 Å². The summed E-state index contributed by atoms with van der Waals surface area (Å²) in [6.45, 7) is 7.35. The second kappa shape index (κ2) is 7.23. The Morgan fingerprint density at radius 2 is 1.79 bits per heavy atom. The molecule has 1 aliphatic rings. The fraction of sp³-hybridized carbons (Fsp3) is 0.706. The first kappa shape index (κ1) is 18.3. The molecule has 0 radical (unpaired) electrons. The second-order valence-electron chi connectivity index (χ2n) is 7.38. The quantitative estimate of drug-likeness (QED) is 0.887. The van der Waals surface area contributed by atoms with Gasteiger partial charge in [-0.25, -0.2) is 4.79 Å². The first-order valence-corrected chi connectivity index (χ1v) is 8.46. The van der Waals surface area contributed by atoms with Gasteiger partial charge in [0.25, 0.3) is 5.91 Å². The summed E-state index contributed by atoms with van der Waals surface area (Å²) in [7, 11) is 1.81. The van der Waals surface area contributed by atoms with Crippen LogP contribution in [0.1, 0.15) is 62.5 Å². The lowest BCUT2D eigenvalue weighted by atomic mass is 9.90.